The number of anilines is 3. The molecule has 5 rings (SSSR count). The van der Waals surface area contributed by atoms with Gasteiger partial charge in [-0.05, 0) is 30.3 Å². The molecule has 0 unspecified atom stereocenters. The number of hydrogen-bond donors (Lipinski definition) is 1. The van der Waals surface area contributed by atoms with Gasteiger partial charge in [0.15, 0.2) is 0 Å². The molecule has 0 saturated carbocycles. The molecule has 0 spiro atoms. The van der Waals surface area contributed by atoms with E-state index >= 15 is 0 Å². The minimum absolute atomic E-state index is 0.0234. The van der Waals surface area contributed by atoms with Gasteiger partial charge < -0.3 is 29.1 Å². The molecule has 0 atom stereocenters. The van der Waals surface area contributed by atoms with Gasteiger partial charge in [0.05, 0.1) is 57.0 Å². The van der Waals surface area contributed by atoms with Crippen LogP contribution in [0.25, 0.3) is 22.3 Å². The summed E-state index contributed by atoms with van der Waals surface area (Å²) in [6.07, 6.45) is 3.61. The summed E-state index contributed by atoms with van der Waals surface area (Å²) < 4.78 is 16.3. The summed E-state index contributed by atoms with van der Waals surface area (Å²) in [4.78, 5) is 18.4. The summed E-state index contributed by atoms with van der Waals surface area (Å²) in [5.41, 5.74) is 4.90. The molecule has 3 heterocycles. The van der Waals surface area contributed by atoms with Gasteiger partial charge in [-0.15, -0.1) is 0 Å². The van der Waals surface area contributed by atoms with E-state index in [0.29, 0.717) is 18.0 Å². The SMILES string of the molecule is COc1cc(OC)cc(N(CCO)c2ccc3ncc(-c4ccc(N5CCOCC5)nc4)nc3c2)c1. The molecule has 9 nitrogen and oxygen atoms in total. The van der Waals surface area contributed by atoms with Gasteiger partial charge in [-0.3, -0.25) is 4.98 Å². The lowest BCUT2D eigenvalue weighted by Gasteiger charge is -2.27. The number of aliphatic hydroxyl groups is 1. The van der Waals surface area contributed by atoms with Crippen LogP contribution < -0.4 is 19.3 Å². The monoisotopic (exact) mass is 487 g/mol. The van der Waals surface area contributed by atoms with Crippen LogP contribution in [0.5, 0.6) is 11.5 Å². The highest BCUT2D eigenvalue weighted by Crippen LogP contribution is 2.34. The molecule has 1 fully saturated rings. The molecule has 186 valence electrons. The maximum absolute atomic E-state index is 9.79. The van der Waals surface area contributed by atoms with Gasteiger partial charge in [0, 0.05) is 61.0 Å². The Morgan fingerprint density at radius 1 is 0.889 bits per heavy atom. The van der Waals surface area contributed by atoms with Crippen LogP contribution in [-0.2, 0) is 4.74 Å². The highest BCUT2D eigenvalue weighted by atomic mass is 16.5. The van der Waals surface area contributed by atoms with Crippen molar-refractivity contribution in [3.05, 3.63) is 60.9 Å². The van der Waals surface area contributed by atoms with Crippen LogP contribution in [0.2, 0.25) is 0 Å². The molecule has 9 heteroatoms. The topological polar surface area (TPSA) is 93.1 Å². The summed E-state index contributed by atoms with van der Waals surface area (Å²) in [6, 6.07) is 15.6. The molecule has 1 aliphatic rings. The Labute approximate surface area is 209 Å². The Balaban J connectivity index is 1.47. The zero-order valence-corrected chi connectivity index (χ0v) is 20.4. The van der Waals surface area contributed by atoms with E-state index < -0.39 is 0 Å². The van der Waals surface area contributed by atoms with E-state index in [4.69, 9.17) is 19.2 Å². The maximum Gasteiger partial charge on any atom is 0.128 e. The molecule has 0 amide bonds. The van der Waals surface area contributed by atoms with Crippen LogP contribution in [0.3, 0.4) is 0 Å². The molecule has 1 saturated heterocycles. The lowest BCUT2D eigenvalue weighted by Crippen LogP contribution is -2.36. The average molecular weight is 488 g/mol. The number of aromatic nitrogens is 3. The fraction of sp³-hybridized carbons (Fsp3) is 0.296. The number of morpholine rings is 1. The van der Waals surface area contributed by atoms with Crippen molar-refractivity contribution in [2.75, 3.05) is 63.5 Å². The summed E-state index contributed by atoms with van der Waals surface area (Å²) >= 11 is 0. The minimum Gasteiger partial charge on any atom is -0.497 e. The van der Waals surface area contributed by atoms with Crippen LogP contribution >= 0.6 is 0 Å². The van der Waals surface area contributed by atoms with Crippen molar-refractivity contribution in [2.24, 2.45) is 0 Å². The van der Waals surface area contributed by atoms with E-state index in [1.807, 2.05) is 59.6 Å². The zero-order valence-electron chi connectivity index (χ0n) is 20.4. The number of fused-ring (bicyclic) bond motifs is 1. The number of hydrogen-bond acceptors (Lipinski definition) is 9. The van der Waals surface area contributed by atoms with E-state index in [0.717, 1.165) is 65.8 Å². The second-order valence-corrected chi connectivity index (χ2v) is 8.38. The van der Waals surface area contributed by atoms with Gasteiger partial charge in [0.1, 0.15) is 17.3 Å². The first-order valence-corrected chi connectivity index (χ1v) is 11.9. The molecule has 2 aromatic carbocycles. The zero-order chi connectivity index (χ0) is 24.9. The van der Waals surface area contributed by atoms with Crippen LogP contribution in [-0.4, -0.2) is 73.7 Å². The number of pyridine rings is 1. The summed E-state index contributed by atoms with van der Waals surface area (Å²) in [7, 11) is 3.23. The Morgan fingerprint density at radius 3 is 2.33 bits per heavy atom. The van der Waals surface area contributed by atoms with Crippen LogP contribution in [0.15, 0.2) is 60.9 Å². The van der Waals surface area contributed by atoms with Crippen molar-refractivity contribution in [3.63, 3.8) is 0 Å². The van der Waals surface area contributed by atoms with Crippen molar-refractivity contribution >= 4 is 28.2 Å². The predicted molar refractivity (Wildman–Crippen MR) is 139 cm³/mol. The lowest BCUT2D eigenvalue weighted by molar-refractivity contribution is 0.122. The first-order valence-electron chi connectivity index (χ1n) is 11.9. The first kappa shape index (κ1) is 23.8. The third-order valence-electron chi connectivity index (χ3n) is 6.19. The standard InChI is InChI=1S/C27H29N5O4/c1-34-22-13-21(14-23(16-22)35-2)32(7-10-33)20-4-5-24-25(15-20)30-26(18-28-24)19-3-6-27(29-17-19)31-8-11-36-12-9-31/h3-6,13-18,33H,7-12H2,1-2H3. The van der Waals surface area contributed by atoms with E-state index in [1.165, 1.54) is 0 Å². The number of rotatable bonds is 8. The van der Waals surface area contributed by atoms with Gasteiger partial charge >= 0.3 is 0 Å². The Bertz CT molecular complexity index is 1300. The first-order chi connectivity index (χ1) is 17.7. The molecule has 1 aliphatic heterocycles. The normalized spacial score (nSPS) is 13.6. The molecule has 4 aromatic rings. The Kier molecular flexibility index (Phi) is 7.11. The van der Waals surface area contributed by atoms with E-state index in [2.05, 4.69) is 14.9 Å². The number of benzene rings is 2. The summed E-state index contributed by atoms with van der Waals surface area (Å²) in [5.74, 6) is 2.28. The maximum atomic E-state index is 9.79. The minimum atomic E-state index is -0.0234. The van der Waals surface area contributed by atoms with Crippen molar-refractivity contribution < 1.29 is 19.3 Å². The van der Waals surface area contributed by atoms with Crippen molar-refractivity contribution in [2.45, 2.75) is 0 Å². The lowest BCUT2D eigenvalue weighted by atomic mass is 10.1. The fourth-order valence-electron chi connectivity index (χ4n) is 4.28. The number of methoxy groups -OCH3 is 2. The largest absolute Gasteiger partial charge is 0.497 e. The smallest absolute Gasteiger partial charge is 0.128 e. The van der Waals surface area contributed by atoms with E-state index in [9.17, 15) is 5.11 Å². The number of aliphatic hydroxyl groups excluding tert-OH is 1. The third kappa shape index (κ3) is 5.02. The van der Waals surface area contributed by atoms with Crippen LogP contribution in [0.4, 0.5) is 17.2 Å². The predicted octanol–water partition coefficient (Wildman–Crippen LogP) is 3.68. The molecule has 0 bridgehead atoms. The van der Waals surface area contributed by atoms with Gasteiger partial charge in [-0.2, -0.15) is 0 Å². The van der Waals surface area contributed by atoms with Crippen molar-refractivity contribution in [1.82, 2.24) is 15.0 Å². The third-order valence-corrected chi connectivity index (χ3v) is 6.19. The molecule has 36 heavy (non-hydrogen) atoms. The molecular formula is C27H29N5O4. The summed E-state index contributed by atoms with van der Waals surface area (Å²) in [6.45, 7) is 3.49. The molecule has 1 N–H and O–H groups in total. The van der Waals surface area contributed by atoms with Gasteiger partial charge in [0.25, 0.3) is 0 Å². The average Bonchev–Trinajstić information content (AvgIpc) is 2.95. The molecule has 0 aliphatic carbocycles. The quantitative estimate of drug-likeness (QED) is 0.399. The second-order valence-electron chi connectivity index (χ2n) is 8.38. The van der Waals surface area contributed by atoms with E-state index in [-0.39, 0.29) is 6.61 Å². The van der Waals surface area contributed by atoms with Gasteiger partial charge in [0.2, 0.25) is 0 Å². The van der Waals surface area contributed by atoms with Crippen LogP contribution in [0.1, 0.15) is 0 Å². The van der Waals surface area contributed by atoms with Crippen molar-refractivity contribution in [3.8, 4) is 22.8 Å². The number of nitrogens with zero attached hydrogens (tertiary/aromatic N) is 5. The van der Waals surface area contributed by atoms with E-state index in [1.54, 1.807) is 20.4 Å². The Morgan fingerprint density at radius 2 is 1.67 bits per heavy atom. The molecular weight excluding hydrogens is 458 g/mol. The fourth-order valence-corrected chi connectivity index (χ4v) is 4.28. The Hall–Kier alpha value is -3.95. The van der Waals surface area contributed by atoms with Gasteiger partial charge in [-0.1, -0.05) is 0 Å². The second kappa shape index (κ2) is 10.8. The highest BCUT2D eigenvalue weighted by molar-refractivity contribution is 5.82. The molecule has 0 radical (unpaired) electrons. The number of ether oxygens (including phenoxy) is 3. The van der Waals surface area contributed by atoms with Gasteiger partial charge in [-0.25, -0.2) is 9.97 Å². The summed E-state index contributed by atoms with van der Waals surface area (Å²) in [5, 5.41) is 9.79. The van der Waals surface area contributed by atoms with Crippen LogP contribution in [0, 0.1) is 0 Å². The molecule has 2 aromatic heterocycles. The van der Waals surface area contributed by atoms with Crippen molar-refractivity contribution in [1.29, 1.82) is 0 Å². The highest BCUT2D eigenvalue weighted by Gasteiger charge is 2.15.